The number of hydrogen-bond donors (Lipinski definition) is 2. The first kappa shape index (κ1) is 15.0. The summed E-state index contributed by atoms with van der Waals surface area (Å²) in [5.41, 5.74) is 2.35. The Morgan fingerprint density at radius 3 is 2.95 bits per heavy atom. The summed E-state index contributed by atoms with van der Waals surface area (Å²) in [4.78, 5) is 11.7. The fourth-order valence-corrected chi connectivity index (χ4v) is 2.39. The van der Waals surface area contributed by atoms with Crippen molar-refractivity contribution in [2.75, 3.05) is 19.7 Å². The molecule has 0 aromatic heterocycles. The SMILES string of the molecule is Cc1cccc(CNC(=O)CCOC2CCNCC2)c1. The van der Waals surface area contributed by atoms with Crippen LogP contribution in [0.1, 0.15) is 30.4 Å². The second kappa shape index (κ2) is 8.02. The van der Waals surface area contributed by atoms with E-state index in [1.807, 2.05) is 12.1 Å². The molecule has 110 valence electrons. The normalized spacial score (nSPS) is 16.1. The lowest BCUT2D eigenvalue weighted by atomic mass is 10.1. The van der Waals surface area contributed by atoms with Gasteiger partial charge in [0.15, 0.2) is 0 Å². The Bertz CT molecular complexity index is 428. The molecule has 0 unspecified atom stereocenters. The summed E-state index contributed by atoms with van der Waals surface area (Å²) in [6.45, 7) is 5.20. The van der Waals surface area contributed by atoms with Gasteiger partial charge in [-0.3, -0.25) is 4.79 Å². The van der Waals surface area contributed by atoms with Crippen molar-refractivity contribution in [1.82, 2.24) is 10.6 Å². The van der Waals surface area contributed by atoms with E-state index in [-0.39, 0.29) is 5.91 Å². The van der Waals surface area contributed by atoms with Crippen LogP contribution in [0, 0.1) is 6.92 Å². The number of rotatable bonds is 6. The van der Waals surface area contributed by atoms with Crippen molar-refractivity contribution in [3.05, 3.63) is 35.4 Å². The van der Waals surface area contributed by atoms with Gasteiger partial charge in [0.05, 0.1) is 12.7 Å². The van der Waals surface area contributed by atoms with E-state index in [9.17, 15) is 4.79 Å². The molecule has 4 nitrogen and oxygen atoms in total. The lowest BCUT2D eigenvalue weighted by Crippen LogP contribution is -2.33. The molecular weight excluding hydrogens is 252 g/mol. The Morgan fingerprint density at radius 1 is 1.40 bits per heavy atom. The highest BCUT2D eigenvalue weighted by Gasteiger charge is 2.13. The first-order chi connectivity index (χ1) is 9.74. The summed E-state index contributed by atoms with van der Waals surface area (Å²) < 4.78 is 5.72. The van der Waals surface area contributed by atoms with Gasteiger partial charge in [-0.15, -0.1) is 0 Å². The van der Waals surface area contributed by atoms with Crippen LogP contribution in [0.25, 0.3) is 0 Å². The Balaban J connectivity index is 1.60. The quantitative estimate of drug-likeness (QED) is 0.832. The van der Waals surface area contributed by atoms with Gasteiger partial charge in [-0.05, 0) is 38.4 Å². The fraction of sp³-hybridized carbons (Fsp3) is 0.562. The molecule has 4 heteroatoms. The maximum atomic E-state index is 11.7. The summed E-state index contributed by atoms with van der Waals surface area (Å²) in [7, 11) is 0. The van der Waals surface area contributed by atoms with Gasteiger partial charge in [-0.2, -0.15) is 0 Å². The van der Waals surface area contributed by atoms with Gasteiger partial charge in [-0.25, -0.2) is 0 Å². The summed E-state index contributed by atoms with van der Waals surface area (Å²) in [6.07, 6.45) is 2.85. The topological polar surface area (TPSA) is 50.4 Å². The number of ether oxygens (including phenoxy) is 1. The summed E-state index contributed by atoms with van der Waals surface area (Å²) in [5, 5.41) is 6.23. The molecule has 1 aliphatic heterocycles. The van der Waals surface area contributed by atoms with Gasteiger partial charge in [-0.1, -0.05) is 29.8 Å². The molecule has 1 saturated heterocycles. The highest BCUT2D eigenvalue weighted by atomic mass is 16.5. The minimum Gasteiger partial charge on any atom is -0.378 e. The van der Waals surface area contributed by atoms with Crippen molar-refractivity contribution in [1.29, 1.82) is 0 Å². The van der Waals surface area contributed by atoms with Crippen molar-refractivity contribution >= 4 is 5.91 Å². The molecule has 2 N–H and O–H groups in total. The molecular formula is C16H24N2O2. The molecule has 1 fully saturated rings. The van der Waals surface area contributed by atoms with Gasteiger partial charge < -0.3 is 15.4 Å². The van der Waals surface area contributed by atoms with E-state index < -0.39 is 0 Å². The number of piperidine rings is 1. The van der Waals surface area contributed by atoms with E-state index in [4.69, 9.17) is 4.74 Å². The lowest BCUT2D eigenvalue weighted by molar-refractivity contribution is -0.122. The Morgan fingerprint density at radius 2 is 2.20 bits per heavy atom. The first-order valence-corrected chi connectivity index (χ1v) is 7.38. The van der Waals surface area contributed by atoms with E-state index >= 15 is 0 Å². The number of benzene rings is 1. The third-order valence-electron chi connectivity index (χ3n) is 3.54. The molecule has 0 saturated carbocycles. The summed E-state index contributed by atoms with van der Waals surface area (Å²) >= 11 is 0. The number of carbonyl (C=O) groups is 1. The monoisotopic (exact) mass is 276 g/mol. The Labute approximate surface area is 120 Å². The van der Waals surface area contributed by atoms with E-state index in [1.165, 1.54) is 5.56 Å². The maximum Gasteiger partial charge on any atom is 0.222 e. The van der Waals surface area contributed by atoms with Crippen molar-refractivity contribution in [2.45, 2.75) is 38.8 Å². The molecule has 1 aromatic rings. The molecule has 2 rings (SSSR count). The van der Waals surface area contributed by atoms with Crippen molar-refractivity contribution in [2.24, 2.45) is 0 Å². The van der Waals surface area contributed by atoms with E-state index in [2.05, 4.69) is 29.7 Å². The predicted octanol–water partition coefficient (Wildman–Crippen LogP) is 1.77. The van der Waals surface area contributed by atoms with Gasteiger partial charge in [0, 0.05) is 13.0 Å². The molecule has 1 amide bonds. The highest BCUT2D eigenvalue weighted by molar-refractivity contribution is 5.75. The van der Waals surface area contributed by atoms with Crippen LogP contribution in [-0.4, -0.2) is 31.7 Å². The van der Waals surface area contributed by atoms with Crippen LogP contribution in [0.15, 0.2) is 24.3 Å². The molecule has 1 aromatic carbocycles. The minimum atomic E-state index is 0.0560. The van der Waals surface area contributed by atoms with Crippen molar-refractivity contribution < 1.29 is 9.53 Å². The third-order valence-corrected chi connectivity index (χ3v) is 3.54. The zero-order chi connectivity index (χ0) is 14.2. The van der Waals surface area contributed by atoms with Crippen molar-refractivity contribution in [3.63, 3.8) is 0 Å². The number of carbonyl (C=O) groups excluding carboxylic acids is 1. The van der Waals surface area contributed by atoms with Crippen LogP contribution < -0.4 is 10.6 Å². The van der Waals surface area contributed by atoms with Gasteiger partial charge in [0.25, 0.3) is 0 Å². The maximum absolute atomic E-state index is 11.7. The van der Waals surface area contributed by atoms with Crippen LogP contribution >= 0.6 is 0 Å². The van der Waals surface area contributed by atoms with Crippen LogP contribution in [0.2, 0.25) is 0 Å². The molecule has 0 radical (unpaired) electrons. The number of amides is 1. The third kappa shape index (κ3) is 5.31. The van der Waals surface area contributed by atoms with Crippen molar-refractivity contribution in [3.8, 4) is 0 Å². The average molecular weight is 276 g/mol. The van der Waals surface area contributed by atoms with E-state index in [0.717, 1.165) is 31.5 Å². The van der Waals surface area contributed by atoms with Crippen LogP contribution in [0.4, 0.5) is 0 Å². The van der Waals surface area contributed by atoms with Crippen LogP contribution in [-0.2, 0) is 16.1 Å². The fourth-order valence-electron chi connectivity index (χ4n) is 2.39. The number of hydrogen-bond acceptors (Lipinski definition) is 3. The highest BCUT2D eigenvalue weighted by Crippen LogP contribution is 2.07. The van der Waals surface area contributed by atoms with Crippen LogP contribution in [0.5, 0.6) is 0 Å². The minimum absolute atomic E-state index is 0.0560. The summed E-state index contributed by atoms with van der Waals surface area (Å²) in [6, 6.07) is 8.18. The molecule has 20 heavy (non-hydrogen) atoms. The first-order valence-electron chi connectivity index (χ1n) is 7.38. The van der Waals surface area contributed by atoms with Crippen LogP contribution in [0.3, 0.4) is 0 Å². The van der Waals surface area contributed by atoms with E-state index in [1.54, 1.807) is 0 Å². The number of aryl methyl sites for hydroxylation is 1. The van der Waals surface area contributed by atoms with Gasteiger partial charge >= 0.3 is 0 Å². The second-order valence-electron chi connectivity index (χ2n) is 5.34. The molecule has 1 heterocycles. The molecule has 0 bridgehead atoms. The summed E-state index contributed by atoms with van der Waals surface area (Å²) in [5.74, 6) is 0.0560. The number of nitrogens with one attached hydrogen (secondary N) is 2. The largest absolute Gasteiger partial charge is 0.378 e. The molecule has 1 aliphatic rings. The lowest BCUT2D eigenvalue weighted by Gasteiger charge is -2.22. The van der Waals surface area contributed by atoms with Gasteiger partial charge in [0.1, 0.15) is 0 Å². The molecule has 0 aliphatic carbocycles. The predicted molar refractivity (Wildman–Crippen MR) is 79.5 cm³/mol. The standard InChI is InChI=1S/C16H24N2O2/c1-13-3-2-4-14(11-13)12-18-16(19)7-10-20-15-5-8-17-9-6-15/h2-4,11,15,17H,5-10,12H2,1H3,(H,18,19). The van der Waals surface area contributed by atoms with E-state index in [0.29, 0.717) is 25.7 Å². The Kier molecular flexibility index (Phi) is 6.02. The molecule has 0 spiro atoms. The zero-order valence-corrected chi connectivity index (χ0v) is 12.2. The average Bonchev–Trinajstić information content (AvgIpc) is 2.46. The smallest absolute Gasteiger partial charge is 0.222 e. The van der Waals surface area contributed by atoms with Gasteiger partial charge in [0.2, 0.25) is 5.91 Å². The zero-order valence-electron chi connectivity index (χ0n) is 12.2. The Hall–Kier alpha value is -1.39. The molecule has 0 atom stereocenters. The second-order valence-corrected chi connectivity index (χ2v) is 5.34.